The molecular weight excluding hydrogens is 623 g/mol. The minimum atomic E-state index is -4.92. The largest absolute Gasteiger partial charge is 0.471 e. The zero-order valence-electron chi connectivity index (χ0n) is 25.2. The van der Waals surface area contributed by atoms with E-state index in [4.69, 9.17) is 14.3 Å². The molecular formula is C27H36F3N7O5S2. The minimum absolute atomic E-state index is 0.0757. The molecule has 44 heavy (non-hydrogen) atoms. The molecule has 17 heteroatoms. The lowest BCUT2D eigenvalue weighted by Gasteiger charge is -2.23. The maximum atomic E-state index is 12.4. The summed E-state index contributed by atoms with van der Waals surface area (Å²) in [7, 11) is 6.26. The molecule has 1 aliphatic heterocycles. The molecule has 0 aromatic carbocycles. The number of alkyl halides is 3. The maximum absolute atomic E-state index is 12.4. The molecule has 0 spiro atoms. The molecule has 2 N–H and O–H groups in total. The number of fused-ring (bicyclic) bond motifs is 1. The molecule has 1 fully saturated rings. The minimum Gasteiger partial charge on any atom is -0.394 e. The number of aliphatic imine (C=N–C) groups is 1. The number of hydrogen-bond donors (Lipinski definition) is 2. The van der Waals surface area contributed by atoms with Crippen molar-refractivity contribution in [1.29, 1.82) is 0 Å². The van der Waals surface area contributed by atoms with Crippen LogP contribution < -0.4 is 5.32 Å². The van der Waals surface area contributed by atoms with E-state index in [2.05, 4.69) is 32.0 Å². The molecule has 2 aromatic rings. The number of aromatic nitrogens is 3. The summed E-state index contributed by atoms with van der Waals surface area (Å²) < 4.78 is 50.1. The van der Waals surface area contributed by atoms with Crippen LogP contribution in [0.2, 0.25) is 0 Å². The standard InChI is InChI=1S/C27H36F3N7O5S2/c1-17(2)35-42-19-10-21(41-20(19)12-38)37-11-18(22-23(34-15-36(5)6)32-14-33-24(22)37)8-7-9-40-16-43-44-26(3,4)13-31-25(39)27(28,29)30/h11,14-15,19-21,38H,9-10,12-13,16H2,1-6H3,(H,31,39)/b34-15+/t19?,20-,21-/m1/s1. The highest BCUT2D eigenvalue weighted by Crippen LogP contribution is 2.37. The molecule has 1 amide bonds. The summed E-state index contributed by atoms with van der Waals surface area (Å²) in [6.45, 7) is 6.73. The van der Waals surface area contributed by atoms with E-state index in [-0.39, 0.29) is 25.7 Å². The first-order valence-electron chi connectivity index (χ1n) is 13.4. The van der Waals surface area contributed by atoms with Crippen molar-refractivity contribution in [2.24, 2.45) is 10.1 Å². The fourth-order valence-corrected chi connectivity index (χ4v) is 5.97. The van der Waals surface area contributed by atoms with Gasteiger partial charge in [0.25, 0.3) is 0 Å². The summed E-state index contributed by atoms with van der Waals surface area (Å²) in [4.78, 5) is 31.8. The first kappa shape index (κ1) is 35.4. The SMILES string of the molecule is CC(C)=NOC1C[C@H](n2cc(C#CCOCSSC(C)(C)CNC(=O)C(F)(F)F)c3c(/N=C/N(C)C)ncnc32)O[C@@H]1CO. The van der Waals surface area contributed by atoms with Crippen LogP contribution in [0.1, 0.15) is 45.9 Å². The number of carbonyl (C=O) groups excluding carboxylic acids is 1. The van der Waals surface area contributed by atoms with Crippen LogP contribution in [-0.2, 0) is 19.1 Å². The summed E-state index contributed by atoms with van der Waals surface area (Å²) >= 11 is 0. The lowest BCUT2D eigenvalue weighted by atomic mass is 10.2. The number of nitrogens with zero attached hydrogens (tertiary/aromatic N) is 6. The number of carbonyl (C=O) groups is 1. The predicted octanol–water partition coefficient (Wildman–Crippen LogP) is 3.88. The van der Waals surface area contributed by atoms with Gasteiger partial charge in [0.2, 0.25) is 0 Å². The van der Waals surface area contributed by atoms with Crippen molar-refractivity contribution < 1.29 is 37.4 Å². The Morgan fingerprint density at radius 2 is 2.09 bits per heavy atom. The number of amides is 1. The Bertz CT molecular complexity index is 1400. The van der Waals surface area contributed by atoms with Crippen molar-refractivity contribution in [2.45, 2.75) is 63.5 Å². The smallest absolute Gasteiger partial charge is 0.394 e. The Kier molecular flexibility index (Phi) is 12.7. The van der Waals surface area contributed by atoms with E-state index in [1.807, 2.05) is 37.8 Å². The van der Waals surface area contributed by atoms with E-state index >= 15 is 0 Å². The molecule has 0 bridgehead atoms. The highest BCUT2D eigenvalue weighted by molar-refractivity contribution is 8.77. The Labute approximate surface area is 261 Å². The number of halogens is 3. The topological polar surface area (TPSA) is 136 Å². The van der Waals surface area contributed by atoms with Crippen LogP contribution in [0.5, 0.6) is 0 Å². The van der Waals surface area contributed by atoms with Crippen LogP contribution in [0.25, 0.3) is 11.0 Å². The van der Waals surface area contributed by atoms with Crippen LogP contribution in [0.3, 0.4) is 0 Å². The average Bonchev–Trinajstić information content (AvgIpc) is 3.54. The fourth-order valence-electron chi connectivity index (χ4n) is 3.83. The first-order valence-corrected chi connectivity index (χ1v) is 15.8. The summed E-state index contributed by atoms with van der Waals surface area (Å²) in [5.41, 5.74) is 1.87. The van der Waals surface area contributed by atoms with Gasteiger partial charge >= 0.3 is 12.1 Å². The van der Waals surface area contributed by atoms with Crippen molar-refractivity contribution in [3.05, 3.63) is 18.1 Å². The Morgan fingerprint density at radius 1 is 1.34 bits per heavy atom. The van der Waals surface area contributed by atoms with Gasteiger partial charge in [0.05, 0.1) is 29.6 Å². The molecule has 0 aliphatic carbocycles. The van der Waals surface area contributed by atoms with Gasteiger partial charge in [-0.05, 0) is 27.7 Å². The molecule has 3 heterocycles. The van der Waals surface area contributed by atoms with Gasteiger partial charge in [0.1, 0.15) is 36.9 Å². The molecule has 3 rings (SSSR count). The van der Waals surface area contributed by atoms with E-state index in [0.717, 1.165) is 5.71 Å². The van der Waals surface area contributed by atoms with Gasteiger partial charge in [0, 0.05) is 38.0 Å². The van der Waals surface area contributed by atoms with Crippen molar-refractivity contribution in [2.75, 3.05) is 39.8 Å². The molecule has 1 aliphatic rings. The molecule has 3 atom stereocenters. The Hall–Kier alpha value is -3.04. The van der Waals surface area contributed by atoms with Crippen molar-refractivity contribution in [1.82, 2.24) is 24.8 Å². The van der Waals surface area contributed by atoms with Crippen LogP contribution >= 0.6 is 21.6 Å². The van der Waals surface area contributed by atoms with Gasteiger partial charge in [-0.1, -0.05) is 38.6 Å². The van der Waals surface area contributed by atoms with Crippen molar-refractivity contribution in [3.8, 4) is 11.8 Å². The third kappa shape index (κ3) is 10.3. The monoisotopic (exact) mass is 659 g/mol. The van der Waals surface area contributed by atoms with Gasteiger partial charge in [0.15, 0.2) is 11.9 Å². The average molecular weight is 660 g/mol. The van der Waals surface area contributed by atoms with Crippen LogP contribution in [0, 0.1) is 11.8 Å². The molecule has 2 aromatic heterocycles. The molecule has 1 unspecified atom stereocenters. The highest BCUT2D eigenvalue weighted by Gasteiger charge is 2.40. The molecule has 0 radical (unpaired) electrons. The van der Waals surface area contributed by atoms with Crippen LogP contribution in [-0.4, -0.2) is 105 Å². The maximum Gasteiger partial charge on any atom is 0.471 e. The van der Waals surface area contributed by atoms with Crippen molar-refractivity contribution in [3.63, 3.8) is 0 Å². The van der Waals surface area contributed by atoms with Gasteiger partial charge < -0.3 is 34.2 Å². The second-order valence-electron chi connectivity index (χ2n) is 10.7. The molecule has 1 saturated heterocycles. The fraction of sp³-hybridized carbons (Fsp3) is 0.593. The zero-order chi connectivity index (χ0) is 32.5. The second kappa shape index (κ2) is 15.8. The van der Waals surface area contributed by atoms with Gasteiger partial charge in [-0.15, -0.1) is 0 Å². The summed E-state index contributed by atoms with van der Waals surface area (Å²) in [6.07, 6.45) is -1.26. The molecule has 12 nitrogen and oxygen atoms in total. The number of oxime groups is 1. The van der Waals surface area contributed by atoms with E-state index in [9.17, 15) is 23.1 Å². The number of aliphatic hydroxyl groups excluding tert-OH is 1. The van der Waals surface area contributed by atoms with E-state index in [0.29, 0.717) is 28.8 Å². The Balaban J connectivity index is 1.71. The quantitative estimate of drug-likeness (QED) is 0.0621. The lowest BCUT2D eigenvalue weighted by molar-refractivity contribution is -0.173. The van der Waals surface area contributed by atoms with Gasteiger partial charge in [-0.25, -0.2) is 15.0 Å². The number of hydrogen-bond acceptors (Lipinski definition) is 11. The van der Waals surface area contributed by atoms with Gasteiger partial charge in [-0.2, -0.15) is 13.2 Å². The van der Waals surface area contributed by atoms with E-state index < -0.39 is 35.3 Å². The summed E-state index contributed by atoms with van der Waals surface area (Å²) in [5, 5.41) is 16.4. The number of nitrogens with one attached hydrogen (secondary N) is 1. The third-order valence-electron chi connectivity index (χ3n) is 5.79. The Morgan fingerprint density at radius 3 is 2.75 bits per heavy atom. The van der Waals surface area contributed by atoms with E-state index in [1.165, 1.54) is 27.9 Å². The zero-order valence-corrected chi connectivity index (χ0v) is 26.8. The number of rotatable bonds is 13. The second-order valence-corrected chi connectivity index (χ2v) is 13.6. The summed E-state index contributed by atoms with van der Waals surface area (Å²) in [6, 6.07) is 0. The lowest BCUT2D eigenvalue weighted by Crippen LogP contribution is -2.42. The summed E-state index contributed by atoms with van der Waals surface area (Å²) in [5.74, 6) is 4.74. The van der Waals surface area contributed by atoms with Crippen LogP contribution in [0.4, 0.5) is 19.0 Å². The normalized spacial score (nSPS) is 18.7. The van der Waals surface area contributed by atoms with Crippen LogP contribution in [0.15, 0.2) is 22.7 Å². The number of ether oxygens (including phenoxy) is 2. The number of aliphatic hydroxyl groups is 1. The van der Waals surface area contributed by atoms with E-state index in [1.54, 1.807) is 31.3 Å². The highest BCUT2D eigenvalue weighted by atomic mass is 33.1. The first-order chi connectivity index (χ1) is 20.7. The molecule has 0 saturated carbocycles. The van der Waals surface area contributed by atoms with Crippen molar-refractivity contribution >= 4 is 56.4 Å². The predicted molar refractivity (Wildman–Crippen MR) is 165 cm³/mol. The third-order valence-corrected chi connectivity index (χ3v) is 8.76. The molecule has 242 valence electrons. The van der Waals surface area contributed by atoms with Gasteiger partial charge in [-0.3, -0.25) is 4.79 Å².